The Hall–Kier alpha value is -2.91. The number of methoxy groups -OCH3 is 1. The lowest BCUT2D eigenvalue weighted by Gasteiger charge is -2.15. The molecule has 2 aromatic carbocycles. The van der Waals surface area contributed by atoms with Crippen LogP contribution in [0.3, 0.4) is 0 Å². The Morgan fingerprint density at radius 3 is 1.92 bits per heavy atom. The third kappa shape index (κ3) is 4.38. The second-order valence-electron chi connectivity index (χ2n) is 5.13. The molecule has 2 aromatic rings. The van der Waals surface area contributed by atoms with Gasteiger partial charge in [0.2, 0.25) is 0 Å². The molecule has 2 rings (SSSR count). The molecule has 0 radical (unpaired) electrons. The molecule has 0 unspecified atom stereocenters. The monoisotopic (exact) mass is 379 g/mol. The van der Waals surface area contributed by atoms with Crippen LogP contribution in [0.15, 0.2) is 36.4 Å². The van der Waals surface area contributed by atoms with Gasteiger partial charge in [0.1, 0.15) is 11.5 Å². The molecule has 0 saturated heterocycles. The van der Waals surface area contributed by atoms with E-state index in [-0.39, 0.29) is 17.4 Å². The van der Waals surface area contributed by atoms with Crippen LogP contribution in [0.2, 0.25) is 0 Å². The summed E-state index contributed by atoms with van der Waals surface area (Å²) in [6.07, 6.45) is -10.1. The number of benzene rings is 2. The van der Waals surface area contributed by atoms with E-state index in [1.165, 1.54) is 13.2 Å². The van der Waals surface area contributed by atoms with Crippen molar-refractivity contribution < 1.29 is 41.0 Å². The number of carbonyl (C=O) groups excluding carboxylic acids is 1. The standard InChI is InChI=1S/C16H11F6NO3/c1-26-11-2-3-12(13(24)7-11)14(25)23-10-5-8(15(17,18)19)4-9(6-10)16(20,21)22/h2-7,24H,1H3,(H,23,25). The molecule has 0 heterocycles. The summed E-state index contributed by atoms with van der Waals surface area (Å²) in [5, 5.41) is 11.7. The molecule has 0 aliphatic rings. The number of ether oxygens (including phenoxy) is 1. The van der Waals surface area contributed by atoms with Crippen LogP contribution in [0.25, 0.3) is 0 Å². The van der Waals surface area contributed by atoms with Gasteiger partial charge in [0, 0.05) is 11.8 Å². The topological polar surface area (TPSA) is 58.6 Å². The molecule has 0 aromatic heterocycles. The van der Waals surface area contributed by atoms with Gasteiger partial charge >= 0.3 is 12.4 Å². The van der Waals surface area contributed by atoms with Gasteiger partial charge < -0.3 is 15.2 Å². The van der Waals surface area contributed by atoms with Gasteiger partial charge in [0.05, 0.1) is 23.8 Å². The zero-order valence-electron chi connectivity index (χ0n) is 13.0. The quantitative estimate of drug-likeness (QED) is 0.761. The highest BCUT2D eigenvalue weighted by Crippen LogP contribution is 2.37. The van der Waals surface area contributed by atoms with E-state index in [4.69, 9.17) is 4.74 Å². The number of hydrogen-bond donors (Lipinski definition) is 2. The molecular formula is C16H11F6NO3. The maximum absolute atomic E-state index is 12.8. The first kappa shape index (κ1) is 19.4. The van der Waals surface area contributed by atoms with Crippen LogP contribution < -0.4 is 10.1 Å². The molecule has 0 fully saturated rings. The summed E-state index contributed by atoms with van der Waals surface area (Å²) in [4.78, 5) is 12.1. The number of amides is 1. The summed E-state index contributed by atoms with van der Waals surface area (Å²) in [6.45, 7) is 0. The number of aromatic hydroxyl groups is 1. The highest BCUT2D eigenvalue weighted by molar-refractivity contribution is 6.06. The first-order chi connectivity index (χ1) is 11.9. The second-order valence-corrected chi connectivity index (χ2v) is 5.13. The number of carbonyl (C=O) groups is 1. The molecule has 0 aliphatic carbocycles. The number of phenolic OH excluding ortho intramolecular Hbond substituents is 1. The molecule has 2 N–H and O–H groups in total. The largest absolute Gasteiger partial charge is 0.507 e. The first-order valence-corrected chi connectivity index (χ1v) is 6.89. The molecule has 0 saturated carbocycles. The highest BCUT2D eigenvalue weighted by Gasteiger charge is 2.37. The van der Waals surface area contributed by atoms with Crippen LogP contribution >= 0.6 is 0 Å². The highest BCUT2D eigenvalue weighted by atomic mass is 19.4. The summed E-state index contributed by atoms with van der Waals surface area (Å²) in [6, 6.07) is 4.16. The van der Waals surface area contributed by atoms with E-state index < -0.39 is 40.8 Å². The van der Waals surface area contributed by atoms with Crippen molar-refractivity contribution >= 4 is 11.6 Å². The van der Waals surface area contributed by atoms with Crippen molar-refractivity contribution in [3.05, 3.63) is 53.1 Å². The Bertz CT molecular complexity index is 797. The second kappa shape index (κ2) is 6.77. The van der Waals surface area contributed by atoms with Gasteiger partial charge in [0.15, 0.2) is 0 Å². The van der Waals surface area contributed by atoms with Crippen LogP contribution in [0.4, 0.5) is 32.0 Å². The number of alkyl halides is 6. The van der Waals surface area contributed by atoms with Crippen molar-refractivity contribution in [3.8, 4) is 11.5 Å². The van der Waals surface area contributed by atoms with E-state index in [1.54, 1.807) is 0 Å². The molecule has 0 aliphatic heterocycles. The lowest BCUT2D eigenvalue weighted by molar-refractivity contribution is -0.143. The SMILES string of the molecule is COc1ccc(C(=O)Nc2cc(C(F)(F)F)cc(C(F)(F)F)c2)c(O)c1. The predicted octanol–water partition coefficient (Wildman–Crippen LogP) is 4.69. The van der Waals surface area contributed by atoms with E-state index in [0.717, 1.165) is 12.1 Å². The van der Waals surface area contributed by atoms with Crippen molar-refractivity contribution in [1.29, 1.82) is 0 Å². The smallest absolute Gasteiger partial charge is 0.416 e. The van der Waals surface area contributed by atoms with E-state index in [0.29, 0.717) is 12.1 Å². The van der Waals surface area contributed by atoms with E-state index >= 15 is 0 Å². The molecule has 1 amide bonds. The van der Waals surface area contributed by atoms with Gasteiger partial charge in [0.25, 0.3) is 5.91 Å². The van der Waals surface area contributed by atoms with Gasteiger partial charge in [-0.25, -0.2) is 0 Å². The number of anilines is 1. The van der Waals surface area contributed by atoms with Crippen LogP contribution in [0.1, 0.15) is 21.5 Å². The van der Waals surface area contributed by atoms with Crippen molar-refractivity contribution in [2.24, 2.45) is 0 Å². The number of phenols is 1. The van der Waals surface area contributed by atoms with Gasteiger partial charge in [-0.1, -0.05) is 0 Å². The van der Waals surface area contributed by atoms with E-state index in [1.807, 2.05) is 5.32 Å². The van der Waals surface area contributed by atoms with Gasteiger partial charge in [-0.15, -0.1) is 0 Å². The summed E-state index contributed by atoms with van der Waals surface area (Å²) >= 11 is 0. The minimum atomic E-state index is -5.04. The fourth-order valence-electron chi connectivity index (χ4n) is 2.06. The Morgan fingerprint density at radius 1 is 0.962 bits per heavy atom. The van der Waals surface area contributed by atoms with E-state index in [2.05, 4.69) is 0 Å². The predicted molar refractivity (Wildman–Crippen MR) is 79.1 cm³/mol. The molecule has 10 heteroatoms. The molecule has 0 atom stereocenters. The Balaban J connectivity index is 2.41. The van der Waals surface area contributed by atoms with Gasteiger partial charge in [-0.05, 0) is 30.3 Å². The van der Waals surface area contributed by atoms with Crippen molar-refractivity contribution in [1.82, 2.24) is 0 Å². The Labute approximate surface area is 143 Å². The average molecular weight is 379 g/mol. The summed E-state index contributed by atoms with van der Waals surface area (Å²) in [5.41, 5.74) is -4.20. The molecular weight excluding hydrogens is 368 g/mol. The fourth-order valence-corrected chi connectivity index (χ4v) is 2.06. The van der Waals surface area contributed by atoms with Crippen molar-refractivity contribution in [3.63, 3.8) is 0 Å². The number of hydrogen-bond acceptors (Lipinski definition) is 3. The lowest BCUT2D eigenvalue weighted by Crippen LogP contribution is -2.16. The molecule has 0 bridgehead atoms. The first-order valence-electron chi connectivity index (χ1n) is 6.89. The fraction of sp³-hybridized carbons (Fsp3) is 0.188. The van der Waals surface area contributed by atoms with Crippen molar-refractivity contribution in [2.45, 2.75) is 12.4 Å². The Kier molecular flexibility index (Phi) is 5.06. The molecule has 0 spiro atoms. The maximum Gasteiger partial charge on any atom is 0.416 e. The molecule has 4 nitrogen and oxygen atoms in total. The van der Waals surface area contributed by atoms with Crippen LogP contribution in [-0.4, -0.2) is 18.1 Å². The van der Waals surface area contributed by atoms with Crippen molar-refractivity contribution in [2.75, 3.05) is 12.4 Å². The third-order valence-corrected chi connectivity index (χ3v) is 3.30. The number of rotatable bonds is 3. The average Bonchev–Trinajstić information content (AvgIpc) is 2.52. The zero-order chi connectivity index (χ0) is 19.7. The van der Waals surface area contributed by atoms with Gasteiger partial charge in [-0.2, -0.15) is 26.3 Å². The number of nitrogens with one attached hydrogen (secondary N) is 1. The van der Waals surface area contributed by atoms with Gasteiger partial charge in [-0.3, -0.25) is 4.79 Å². The van der Waals surface area contributed by atoms with Crippen LogP contribution in [0, 0.1) is 0 Å². The van der Waals surface area contributed by atoms with Crippen LogP contribution in [-0.2, 0) is 12.4 Å². The van der Waals surface area contributed by atoms with Crippen LogP contribution in [0.5, 0.6) is 11.5 Å². The summed E-state index contributed by atoms with van der Waals surface area (Å²) in [5.74, 6) is -1.43. The minimum absolute atomic E-state index is 0.0550. The number of halogens is 6. The third-order valence-electron chi connectivity index (χ3n) is 3.30. The van der Waals surface area contributed by atoms with E-state index in [9.17, 15) is 36.2 Å². The normalized spacial score (nSPS) is 12.0. The summed E-state index contributed by atoms with van der Waals surface area (Å²) < 4.78 is 81.7. The summed E-state index contributed by atoms with van der Waals surface area (Å²) in [7, 11) is 1.30. The minimum Gasteiger partial charge on any atom is -0.507 e. The molecule has 26 heavy (non-hydrogen) atoms. The lowest BCUT2D eigenvalue weighted by atomic mass is 10.1. The maximum atomic E-state index is 12.8. The Morgan fingerprint density at radius 2 is 1.50 bits per heavy atom. The zero-order valence-corrected chi connectivity index (χ0v) is 13.0. The molecule has 140 valence electrons.